The van der Waals surface area contributed by atoms with Crippen molar-refractivity contribution in [2.45, 2.75) is 47.5 Å². The maximum atomic E-state index is 12.5. The summed E-state index contributed by atoms with van der Waals surface area (Å²) in [7, 11) is -12.8. The SMILES string of the molecule is CCOS(=O)(=O)c1cccc(CN=C2C=CC(=C(c3ccc(NC(CC)c4cccc(S(=O)(=O)O)c4)cc3)c3ccccc3S(=O)(=O)O)C=C2)c1. The van der Waals surface area contributed by atoms with Gasteiger partial charge in [0.25, 0.3) is 30.4 Å². The van der Waals surface area contributed by atoms with Crippen molar-refractivity contribution in [3.8, 4) is 0 Å². The molecule has 0 aliphatic heterocycles. The minimum atomic E-state index is -4.60. The van der Waals surface area contributed by atoms with Crippen LogP contribution in [0.25, 0.3) is 5.57 Å². The summed E-state index contributed by atoms with van der Waals surface area (Å²) in [4.78, 5) is 4.18. The molecule has 0 bridgehead atoms. The second-order valence-corrected chi connectivity index (χ2v) is 15.9. The van der Waals surface area contributed by atoms with Crippen LogP contribution >= 0.6 is 0 Å². The molecule has 0 radical (unpaired) electrons. The van der Waals surface area contributed by atoms with Crippen LogP contribution in [0.2, 0.25) is 0 Å². The lowest BCUT2D eigenvalue weighted by atomic mass is 9.90. The quantitative estimate of drug-likeness (QED) is 0.0950. The van der Waals surface area contributed by atoms with Gasteiger partial charge >= 0.3 is 0 Å². The van der Waals surface area contributed by atoms with Crippen molar-refractivity contribution in [1.82, 2.24) is 0 Å². The molecule has 4 aromatic rings. The topological polar surface area (TPSA) is 176 Å². The molecule has 4 aromatic carbocycles. The van der Waals surface area contributed by atoms with Crippen molar-refractivity contribution in [3.05, 3.63) is 149 Å². The molecule has 3 N–H and O–H groups in total. The van der Waals surface area contributed by atoms with Gasteiger partial charge in [-0.1, -0.05) is 73.7 Å². The summed E-state index contributed by atoms with van der Waals surface area (Å²) in [6.45, 7) is 3.75. The highest BCUT2D eigenvalue weighted by atomic mass is 32.2. The van der Waals surface area contributed by atoms with Crippen LogP contribution < -0.4 is 5.32 Å². The highest BCUT2D eigenvalue weighted by Crippen LogP contribution is 2.35. The normalized spacial score (nSPS) is 14.0. The van der Waals surface area contributed by atoms with Crippen molar-refractivity contribution >= 4 is 47.3 Å². The third kappa shape index (κ3) is 9.35. The Morgan fingerprint density at radius 2 is 1.41 bits per heavy atom. The van der Waals surface area contributed by atoms with Crippen molar-refractivity contribution in [3.63, 3.8) is 0 Å². The van der Waals surface area contributed by atoms with Gasteiger partial charge in [-0.2, -0.15) is 25.3 Å². The Labute approximate surface area is 298 Å². The van der Waals surface area contributed by atoms with E-state index >= 15 is 0 Å². The van der Waals surface area contributed by atoms with E-state index in [-0.39, 0.29) is 39.4 Å². The molecule has 0 amide bonds. The Hall–Kier alpha value is -4.70. The Kier molecular flexibility index (Phi) is 11.5. The molecule has 1 atom stereocenters. The number of nitrogens with zero attached hydrogens (tertiary/aromatic N) is 1. The Morgan fingerprint density at radius 3 is 2.06 bits per heavy atom. The number of aliphatic imine (C=N–C) groups is 1. The minimum absolute atomic E-state index is 0.0221. The van der Waals surface area contributed by atoms with E-state index in [2.05, 4.69) is 10.3 Å². The third-order valence-electron chi connectivity index (χ3n) is 7.98. The predicted octanol–water partition coefficient (Wildman–Crippen LogP) is 7.04. The number of rotatable bonds is 13. The van der Waals surface area contributed by atoms with E-state index in [0.29, 0.717) is 45.7 Å². The van der Waals surface area contributed by atoms with Crippen molar-refractivity contribution in [1.29, 1.82) is 0 Å². The van der Waals surface area contributed by atoms with Crippen LogP contribution in [0, 0.1) is 0 Å². The first kappa shape index (κ1) is 37.6. The molecule has 5 rings (SSSR count). The van der Waals surface area contributed by atoms with Crippen LogP contribution in [-0.2, 0) is 41.1 Å². The first-order chi connectivity index (χ1) is 24.2. The van der Waals surface area contributed by atoms with Gasteiger partial charge < -0.3 is 5.32 Å². The summed E-state index contributed by atoms with van der Waals surface area (Å²) in [5, 5.41) is 3.38. The van der Waals surface area contributed by atoms with E-state index in [1.54, 1.807) is 79.8 Å². The molecule has 14 heteroatoms. The van der Waals surface area contributed by atoms with Gasteiger partial charge in [-0.3, -0.25) is 18.3 Å². The lowest BCUT2D eigenvalue weighted by Gasteiger charge is -2.20. The highest BCUT2D eigenvalue weighted by Gasteiger charge is 2.22. The number of anilines is 1. The van der Waals surface area contributed by atoms with Crippen molar-refractivity contribution in [2.75, 3.05) is 11.9 Å². The van der Waals surface area contributed by atoms with E-state index in [9.17, 15) is 34.4 Å². The molecule has 0 fully saturated rings. The average molecular weight is 749 g/mol. The van der Waals surface area contributed by atoms with E-state index < -0.39 is 30.4 Å². The molecule has 1 aliphatic rings. The molecule has 0 heterocycles. The van der Waals surface area contributed by atoms with E-state index in [0.717, 1.165) is 0 Å². The minimum Gasteiger partial charge on any atom is -0.378 e. The summed E-state index contributed by atoms with van der Waals surface area (Å²) in [5.74, 6) is 0. The standard InChI is InChI=1S/C37H36N2O9S3/c1-3-35(29-10-8-11-32(24-29)49(40,41)42)39-31-21-17-28(18-22-31)37(34-13-5-6-14-36(34)50(43,44)45)27-15-19-30(20-16-27)38-25-26-9-7-12-33(23-26)51(46,47)48-4-2/h5-24,35,39H,3-4,25H2,1-2H3,(H,40,41,42)(H,43,44,45). The molecule has 51 heavy (non-hydrogen) atoms. The number of benzene rings is 4. The zero-order valence-electron chi connectivity index (χ0n) is 27.7. The fourth-order valence-electron chi connectivity index (χ4n) is 5.56. The van der Waals surface area contributed by atoms with Crippen LogP contribution in [-0.4, -0.2) is 46.7 Å². The van der Waals surface area contributed by atoms with Gasteiger partial charge in [-0.15, -0.1) is 0 Å². The average Bonchev–Trinajstić information content (AvgIpc) is 3.10. The number of nitrogens with one attached hydrogen (secondary N) is 1. The Bertz CT molecular complexity index is 2360. The predicted molar refractivity (Wildman–Crippen MR) is 196 cm³/mol. The maximum absolute atomic E-state index is 12.5. The largest absolute Gasteiger partial charge is 0.378 e. The first-order valence-corrected chi connectivity index (χ1v) is 20.1. The number of hydrogen-bond acceptors (Lipinski definition) is 9. The summed E-state index contributed by atoms with van der Waals surface area (Å²) in [6, 6.07) is 25.5. The lowest BCUT2D eigenvalue weighted by Crippen LogP contribution is -2.11. The molecular weight excluding hydrogens is 713 g/mol. The molecule has 0 saturated heterocycles. The van der Waals surface area contributed by atoms with Crippen LogP contribution in [0.15, 0.2) is 147 Å². The molecule has 1 unspecified atom stereocenters. The van der Waals surface area contributed by atoms with Gasteiger partial charge in [-0.25, -0.2) is 0 Å². The molecule has 1 aliphatic carbocycles. The fraction of sp³-hybridized carbons (Fsp3) is 0.162. The van der Waals surface area contributed by atoms with Gasteiger partial charge in [-0.05, 0) is 95.8 Å². The molecule has 11 nitrogen and oxygen atoms in total. The molecule has 0 saturated carbocycles. The zero-order valence-corrected chi connectivity index (χ0v) is 30.1. The second kappa shape index (κ2) is 15.7. The maximum Gasteiger partial charge on any atom is 0.296 e. The van der Waals surface area contributed by atoms with Gasteiger partial charge in [0.2, 0.25) is 0 Å². The smallest absolute Gasteiger partial charge is 0.296 e. The van der Waals surface area contributed by atoms with Crippen molar-refractivity contribution in [2.24, 2.45) is 4.99 Å². The van der Waals surface area contributed by atoms with E-state index in [4.69, 9.17) is 4.18 Å². The van der Waals surface area contributed by atoms with Gasteiger partial charge in [0.15, 0.2) is 0 Å². The molecule has 266 valence electrons. The van der Waals surface area contributed by atoms with Crippen molar-refractivity contribution < 1.29 is 38.5 Å². The van der Waals surface area contributed by atoms with Crippen LogP contribution in [0.5, 0.6) is 0 Å². The van der Waals surface area contributed by atoms with E-state index in [1.807, 2.05) is 19.1 Å². The summed E-state index contributed by atoms with van der Waals surface area (Å²) >= 11 is 0. The summed E-state index contributed by atoms with van der Waals surface area (Å²) in [5.41, 5.74) is 4.74. The first-order valence-electron chi connectivity index (χ1n) is 15.8. The summed E-state index contributed by atoms with van der Waals surface area (Å²) in [6.07, 6.45) is 7.69. The Balaban J connectivity index is 1.47. The van der Waals surface area contributed by atoms with Crippen LogP contribution in [0.1, 0.15) is 48.6 Å². The zero-order chi connectivity index (χ0) is 36.8. The highest BCUT2D eigenvalue weighted by molar-refractivity contribution is 7.87. The van der Waals surface area contributed by atoms with Gasteiger partial charge in [0, 0.05) is 11.3 Å². The lowest BCUT2D eigenvalue weighted by molar-refractivity contribution is 0.338. The number of allylic oxidation sites excluding steroid dienone is 5. The van der Waals surface area contributed by atoms with Gasteiger partial charge in [0.05, 0.1) is 34.7 Å². The molecular formula is C37H36N2O9S3. The van der Waals surface area contributed by atoms with Crippen LogP contribution in [0.3, 0.4) is 0 Å². The number of hydrogen-bond donors (Lipinski definition) is 3. The monoisotopic (exact) mass is 748 g/mol. The second-order valence-electron chi connectivity index (χ2n) is 11.4. The fourth-order valence-corrected chi connectivity index (χ4v) is 7.78. The third-order valence-corrected chi connectivity index (χ3v) is 11.1. The van der Waals surface area contributed by atoms with Gasteiger partial charge in [0.1, 0.15) is 4.90 Å². The molecule has 0 spiro atoms. The Morgan fingerprint density at radius 1 is 0.745 bits per heavy atom. The van der Waals surface area contributed by atoms with E-state index in [1.165, 1.54) is 36.4 Å². The molecule has 0 aromatic heterocycles. The summed E-state index contributed by atoms with van der Waals surface area (Å²) < 4.78 is 97.5. The van der Waals surface area contributed by atoms with Crippen LogP contribution in [0.4, 0.5) is 5.69 Å².